The largest absolute Gasteiger partial charge is 0.481 e. The molecule has 13 N–H and O–H groups in total. The van der Waals surface area contributed by atoms with Crippen molar-refractivity contribution in [1.29, 1.82) is 0 Å². The van der Waals surface area contributed by atoms with E-state index in [-0.39, 0.29) is 107 Å². The molecule has 0 saturated heterocycles. The maximum atomic E-state index is 13.1. The first-order valence-electron chi connectivity index (χ1n) is 22.9. The van der Waals surface area contributed by atoms with Crippen LogP contribution in [-0.2, 0) is 43.2 Å². The quantitative estimate of drug-likeness (QED) is 0.0313. The Balaban J connectivity index is 1.67. The summed E-state index contributed by atoms with van der Waals surface area (Å²) in [7, 11) is 0. The maximum Gasteiger partial charge on any atom is 0.326 e. The molecule has 0 bridgehead atoms. The van der Waals surface area contributed by atoms with Crippen LogP contribution < -0.4 is 37.2 Å². The van der Waals surface area contributed by atoms with Gasteiger partial charge in [-0.3, -0.25) is 43.4 Å². The van der Waals surface area contributed by atoms with E-state index in [1.54, 1.807) is 9.80 Å². The molecule has 0 aliphatic heterocycles. The lowest BCUT2D eigenvalue weighted by Gasteiger charge is -2.30. The molecule has 2 rings (SSSR count). The molecule has 0 aromatic rings. The van der Waals surface area contributed by atoms with E-state index in [2.05, 4.69) is 37.2 Å². The fraction of sp³-hybridized carbons (Fsp3) is 0.762. The van der Waals surface area contributed by atoms with Crippen molar-refractivity contribution < 1.29 is 78.6 Å². The molecule has 2 aliphatic carbocycles. The zero-order chi connectivity index (χ0) is 49.7. The second kappa shape index (κ2) is 32.1. The minimum absolute atomic E-state index is 0.00112. The molecule has 5 amide bonds. The predicted octanol–water partition coefficient (Wildman–Crippen LogP) is -1.77. The van der Waals surface area contributed by atoms with Crippen molar-refractivity contribution in [3.8, 4) is 0 Å². The summed E-state index contributed by atoms with van der Waals surface area (Å²) in [5.41, 5.74) is 0. The summed E-state index contributed by atoms with van der Waals surface area (Å²) in [6, 6.07) is -3.88. The normalized spacial score (nSPS) is 19.1. The Bertz CT molecular complexity index is 1640. The van der Waals surface area contributed by atoms with Crippen LogP contribution in [-0.4, -0.2) is 197 Å². The maximum absolute atomic E-state index is 13.1. The first-order chi connectivity index (χ1) is 31.8. The molecule has 0 aromatic heterocycles. The van der Waals surface area contributed by atoms with Crippen LogP contribution in [0.15, 0.2) is 0 Å². The number of amides is 5. The molecule has 0 unspecified atom stereocenters. The molecule has 25 nitrogen and oxygen atoms in total. The monoisotopic (exact) mass is 958 g/mol. The molecule has 380 valence electrons. The number of urea groups is 1. The second-order valence-electron chi connectivity index (χ2n) is 17.2. The number of carboxylic acids is 6. The number of rotatable bonds is 35. The number of hydrogen-bond donors (Lipinski definition) is 13. The third-order valence-electron chi connectivity index (χ3n) is 11.9. The molecule has 0 radical (unpaired) electrons. The van der Waals surface area contributed by atoms with Crippen molar-refractivity contribution >= 4 is 59.6 Å². The molecule has 2 fully saturated rings. The summed E-state index contributed by atoms with van der Waals surface area (Å²) in [5.74, 6) is -7.43. The average molecular weight is 958 g/mol. The Labute approximate surface area is 388 Å². The van der Waals surface area contributed by atoms with Gasteiger partial charge >= 0.3 is 41.8 Å². The minimum Gasteiger partial charge on any atom is -0.481 e. The van der Waals surface area contributed by atoms with Crippen molar-refractivity contribution in [3.05, 3.63) is 0 Å². The highest BCUT2D eigenvalue weighted by atomic mass is 16.4. The topological polar surface area (TPSA) is 383 Å². The van der Waals surface area contributed by atoms with E-state index in [1.165, 1.54) is 0 Å². The first kappa shape index (κ1) is 57.5. The summed E-state index contributed by atoms with van der Waals surface area (Å²) >= 11 is 0. The van der Waals surface area contributed by atoms with Gasteiger partial charge < -0.3 is 67.9 Å². The van der Waals surface area contributed by atoms with E-state index in [4.69, 9.17) is 15.3 Å². The summed E-state index contributed by atoms with van der Waals surface area (Å²) < 4.78 is 0. The van der Waals surface area contributed by atoms with Gasteiger partial charge in [-0.1, -0.05) is 0 Å². The Morgan fingerprint density at radius 2 is 0.940 bits per heavy atom. The lowest BCUT2D eigenvalue weighted by molar-refractivity contribution is -0.141. The van der Waals surface area contributed by atoms with Gasteiger partial charge in [0.15, 0.2) is 0 Å². The van der Waals surface area contributed by atoms with Gasteiger partial charge in [0.1, 0.15) is 12.1 Å². The average Bonchev–Trinajstić information content (AvgIpc) is 3.27. The van der Waals surface area contributed by atoms with Crippen LogP contribution in [0.25, 0.3) is 0 Å². The highest BCUT2D eigenvalue weighted by Gasteiger charge is 2.30. The van der Waals surface area contributed by atoms with Crippen molar-refractivity contribution in [2.24, 2.45) is 23.7 Å². The Hall–Kier alpha value is -5.66. The number of nitrogens with one attached hydrogen (secondary N) is 7. The highest BCUT2D eigenvalue weighted by Crippen LogP contribution is 2.30. The van der Waals surface area contributed by atoms with Crippen LogP contribution >= 0.6 is 0 Å². The van der Waals surface area contributed by atoms with Gasteiger partial charge in [0.05, 0.1) is 26.2 Å². The van der Waals surface area contributed by atoms with Crippen LogP contribution in [0.1, 0.15) is 83.5 Å². The summed E-state index contributed by atoms with van der Waals surface area (Å²) in [4.78, 5) is 121. The van der Waals surface area contributed by atoms with Gasteiger partial charge in [-0.25, -0.2) is 14.4 Å². The molecular formula is C42H71N9O16. The molecule has 0 aromatic carbocycles. The van der Waals surface area contributed by atoms with E-state index in [9.17, 15) is 63.3 Å². The molecule has 67 heavy (non-hydrogen) atoms. The van der Waals surface area contributed by atoms with Gasteiger partial charge in [0.25, 0.3) is 0 Å². The number of carbonyl (C=O) groups excluding carboxylic acids is 4. The van der Waals surface area contributed by atoms with E-state index >= 15 is 0 Å². The third-order valence-corrected chi connectivity index (χ3v) is 11.9. The lowest BCUT2D eigenvalue weighted by atomic mass is 9.80. The molecular weight excluding hydrogens is 887 g/mol. The summed E-state index contributed by atoms with van der Waals surface area (Å²) in [5, 5.41) is 73.3. The number of carbonyl (C=O) groups is 10. The van der Waals surface area contributed by atoms with Gasteiger partial charge in [-0.15, -0.1) is 0 Å². The zero-order valence-corrected chi connectivity index (χ0v) is 38.0. The number of hydrogen-bond acceptors (Lipinski definition) is 14. The smallest absolute Gasteiger partial charge is 0.326 e. The molecule has 25 heteroatoms. The SMILES string of the molecule is O=C(O)CC[C@H](NC(=O)N[C@@H](CCCCNC(=O)C1CCC(CNC(=O)C2CCC(CNC(=O)CN(CCNCC(=O)O)CCN(CCNCC(=O)O)CC(=O)O)CC2)CC1)C(=O)O)C(=O)O. The van der Waals surface area contributed by atoms with Crippen LogP contribution in [0.3, 0.4) is 0 Å². The van der Waals surface area contributed by atoms with Crippen LogP contribution in [0.5, 0.6) is 0 Å². The number of carboxylic acid groups (broad SMARTS) is 6. The summed E-state index contributed by atoms with van der Waals surface area (Å²) in [6.45, 7) is 2.12. The van der Waals surface area contributed by atoms with Crippen molar-refractivity contribution in [2.45, 2.75) is 95.6 Å². The van der Waals surface area contributed by atoms with Gasteiger partial charge in [-0.2, -0.15) is 0 Å². The van der Waals surface area contributed by atoms with Crippen molar-refractivity contribution in [3.63, 3.8) is 0 Å². The summed E-state index contributed by atoms with van der Waals surface area (Å²) in [6.07, 6.45) is 5.60. The molecule has 2 aliphatic rings. The van der Waals surface area contributed by atoms with E-state index < -0.39 is 60.4 Å². The minimum atomic E-state index is -1.51. The zero-order valence-electron chi connectivity index (χ0n) is 38.0. The van der Waals surface area contributed by atoms with E-state index in [0.29, 0.717) is 71.2 Å². The number of unbranched alkanes of at least 4 members (excludes halogenated alkanes) is 1. The highest BCUT2D eigenvalue weighted by molar-refractivity contribution is 5.86. The molecule has 0 heterocycles. The number of nitrogens with zero attached hydrogens (tertiary/aromatic N) is 2. The Kier molecular flexibility index (Phi) is 27.5. The Morgan fingerprint density at radius 3 is 1.40 bits per heavy atom. The van der Waals surface area contributed by atoms with Gasteiger partial charge in [0, 0.05) is 77.2 Å². The van der Waals surface area contributed by atoms with Gasteiger partial charge in [0.2, 0.25) is 17.7 Å². The predicted molar refractivity (Wildman–Crippen MR) is 237 cm³/mol. The van der Waals surface area contributed by atoms with E-state index in [1.807, 2.05) is 0 Å². The molecule has 2 saturated carbocycles. The van der Waals surface area contributed by atoms with Crippen molar-refractivity contribution in [2.75, 3.05) is 85.1 Å². The second-order valence-corrected chi connectivity index (χ2v) is 17.2. The Morgan fingerprint density at radius 1 is 0.478 bits per heavy atom. The lowest BCUT2D eigenvalue weighted by Crippen LogP contribution is -2.51. The molecule has 2 atom stereocenters. The van der Waals surface area contributed by atoms with Gasteiger partial charge in [-0.05, 0) is 88.9 Å². The van der Waals surface area contributed by atoms with E-state index in [0.717, 1.165) is 25.7 Å². The first-order valence-corrected chi connectivity index (χ1v) is 22.9. The van der Waals surface area contributed by atoms with Crippen molar-refractivity contribution in [1.82, 2.24) is 47.0 Å². The van der Waals surface area contributed by atoms with Crippen LogP contribution in [0.2, 0.25) is 0 Å². The molecule has 0 spiro atoms. The third kappa shape index (κ3) is 26.3. The van der Waals surface area contributed by atoms with Crippen LogP contribution in [0, 0.1) is 23.7 Å². The standard InChI is InChI=1S/C42H71N9O16/c52-33(25-50(17-15-43-23-35(55)56)19-20-51(26-37(59)60)18-16-44-24-36(57)58)46-21-27-4-10-30(11-5-27)39(62)47-22-28-6-8-29(9-7-28)38(61)45-14-2-1-3-31(40(63)64)48-42(67)49-32(41(65)66)12-13-34(53)54/h27-32,43-44H,1-26H2,(H,45,61)(H,46,52)(H,47,62)(H,53,54)(H,55,56)(H,57,58)(H,59,60)(H,63,64)(H,65,66)(H2,48,49,67)/t27?,28?,29?,30?,31-,32-/m0/s1. The van der Waals surface area contributed by atoms with Crippen LogP contribution in [0.4, 0.5) is 4.79 Å². The number of aliphatic carboxylic acids is 6. The fourth-order valence-corrected chi connectivity index (χ4v) is 8.01. The fourth-order valence-electron chi connectivity index (χ4n) is 8.01.